The zero-order valence-corrected chi connectivity index (χ0v) is 9.12. The van der Waals surface area contributed by atoms with Gasteiger partial charge in [-0.3, -0.25) is 0 Å². The van der Waals surface area contributed by atoms with Crippen LogP contribution in [0.1, 0.15) is 17.4 Å². The van der Waals surface area contributed by atoms with Crippen molar-refractivity contribution < 1.29 is 13.9 Å². The standard InChI is InChI=1S/C12H10ClFO2/c13-9-3-4-10(14)8(6-9)7-11(15)12-2-1-5-16-12/h1-6,11,15H,7H2. The summed E-state index contributed by atoms with van der Waals surface area (Å²) in [5, 5.41) is 10.2. The molecule has 0 fully saturated rings. The first-order chi connectivity index (χ1) is 7.66. The maximum Gasteiger partial charge on any atom is 0.132 e. The molecule has 2 nitrogen and oxygen atoms in total. The minimum atomic E-state index is -0.858. The molecule has 0 aliphatic heterocycles. The molecule has 1 heterocycles. The molecule has 1 aromatic heterocycles. The van der Waals surface area contributed by atoms with E-state index in [1.54, 1.807) is 12.1 Å². The summed E-state index contributed by atoms with van der Waals surface area (Å²) >= 11 is 5.75. The van der Waals surface area contributed by atoms with Gasteiger partial charge in [-0.1, -0.05) is 11.6 Å². The molecule has 2 rings (SSSR count). The Morgan fingerprint density at radius 1 is 1.38 bits per heavy atom. The highest BCUT2D eigenvalue weighted by molar-refractivity contribution is 6.30. The summed E-state index contributed by atoms with van der Waals surface area (Å²) < 4.78 is 18.4. The van der Waals surface area contributed by atoms with Gasteiger partial charge in [0.25, 0.3) is 0 Å². The Morgan fingerprint density at radius 3 is 2.88 bits per heavy atom. The van der Waals surface area contributed by atoms with Gasteiger partial charge in [-0.25, -0.2) is 4.39 Å². The zero-order chi connectivity index (χ0) is 11.5. The summed E-state index contributed by atoms with van der Waals surface area (Å²) in [5.41, 5.74) is 0.372. The molecule has 16 heavy (non-hydrogen) atoms. The van der Waals surface area contributed by atoms with Crippen LogP contribution in [0.3, 0.4) is 0 Å². The fraction of sp³-hybridized carbons (Fsp3) is 0.167. The van der Waals surface area contributed by atoms with Crippen molar-refractivity contribution in [3.05, 3.63) is 58.8 Å². The number of rotatable bonds is 3. The number of halogens is 2. The molecule has 1 atom stereocenters. The van der Waals surface area contributed by atoms with Crippen molar-refractivity contribution in [1.29, 1.82) is 0 Å². The monoisotopic (exact) mass is 240 g/mol. The van der Waals surface area contributed by atoms with E-state index in [1.807, 2.05) is 0 Å². The van der Waals surface area contributed by atoms with Gasteiger partial charge in [0.05, 0.1) is 6.26 Å². The molecular formula is C12H10ClFO2. The van der Waals surface area contributed by atoms with E-state index in [0.717, 1.165) is 0 Å². The molecule has 0 spiro atoms. The third-order valence-electron chi connectivity index (χ3n) is 2.29. The summed E-state index contributed by atoms with van der Waals surface area (Å²) in [6.07, 6.45) is 0.746. The number of furan rings is 1. The van der Waals surface area contributed by atoms with Crippen LogP contribution in [0.2, 0.25) is 5.02 Å². The molecule has 1 N–H and O–H groups in total. The first kappa shape index (κ1) is 11.2. The van der Waals surface area contributed by atoms with Gasteiger partial charge in [0, 0.05) is 11.4 Å². The van der Waals surface area contributed by atoms with Crippen LogP contribution in [0.15, 0.2) is 41.0 Å². The van der Waals surface area contributed by atoms with E-state index < -0.39 is 6.10 Å². The lowest BCUT2D eigenvalue weighted by Gasteiger charge is -2.08. The van der Waals surface area contributed by atoms with Crippen LogP contribution in [0.25, 0.3) is 0 Å². The molecule has 0 radical (unpaired) electrons. The van der Waals surface area contributed by atoms with Crippen molar-refractivity contribution in [2.75, 3.05) is 0 Å². The first-order valence-electron chi connectivity index (χ1n) is 4.82. The van der Waals surface area contributed by atoms with Crippen LogP contribution < -0.4 is 0 Å². The third-order valence-corrected chi connectivity index (χ3v) is 2.53. The molecule has 4 heteroatoms. The third kappa shape index (κ3) is 2.43. The lowest BCUT2D eigenvalue weighted by atomic mass is 10.1. The Hall–Kier alpha value is -1.32. The fourth-order valence-electron chi connectivity index (χ4n) is 1.49. The van der Waals surface area contributed by atoms with Crippen LogP contribution >= 0.6 is 11.6 Å². The Morgan fingerprint density at radius 2 is 2.19 bits per heavy atom. The minimum absolute atomic E-state index is 0.139. The van der Waals surface area contributed by atoms with Gasteiger partial charge < -0.3 is 9.52 Å². The number of hydrogen-bond donors (Lipinski definition) is 1. The molecular weight excluding hydrogens is 231 g/mol. The lowest BCUT2D eigenvalue weighted by Crippen LogP contribution is -2.02. The minimum Gasteiger partial charge on any atom is -0.467 e. The number of aliphatic hydroxyl groups is 1. The van der Waals surface area contributed by atoms with Gasteiger partial charge >= 0.3 is 0 Å². The maximum absolute atomic E-state index is 13.4. The second kappa shape index (κ2) is 4.68. The van der Waals surface area contributed by atoms with Crippen molar-refractivity contribution in [3.8, 4) is 0 Å². The van der Waals surface area contributed by atoms with Crippen molar-refractivity contribution in [2.24, 2.45) is 0 Å². The van der Waals surface area contributed by atoms with Gasteiger partial charge in [-0.05, 0) is 35.9 Å². The van der Waals surface area contributed by atoms with Gasteiger partial charge in [0.2, 0.25) is 0 Å². The molecule has 1 unspecified atom stereocenters. The number of benzene rings is 1. The van der Waals surface area contributed by atoms with E-state index in [0.29, 0.717) is 16.3 Å². The van der Waals surface area contributed by atoms with Crippen LogP contribution in [0.5, 0.6) is 0 Å². The van der Waals surface area contributed by atoms with Gasteiger partial charge in [-0.15, -0.1) is 0 Å². The van der Waals surface area contributed by atoms with E-state index in [9.17, 15) is 9.50 Å². The molecule has 0 saturated heterocycles. The normalized spacial score (nSPS) is 12.7. The summed E-state index contributed by atoms with van der Waals surface area (Å²) in [6, 6.07) is 7.58. The highest BCUT2D eigenvalue weighted by atomic mass is 35.5. The topological polar surface area (TPSA) is 33.4 Å². The smallest absolute Gasteiger partial charge is 0.132 e. The zero-order valence-electron chi connectivity index (χ0n) is 8.36. The van der Waals surface area contributed by atoms with Crippen LogP contribution in [0, 0.1) is 5.82 Å². The van der Waals surface area contributed by atoms with Gasteiger partial charge in [0.1, 0.15) is 17.7 Å². The average Bonchev–Trinajstić information content (AvgIpc) is 2.76. The molecule has 84 valence electrons. The predicted octanol–water partition coefficient (Wildman–Crippen LogP) is 3.35. The van der Waals surface area contributed by atoms with E-state index in [1.165, 1.54) is 24.5 Å². The Labute approximate surface area is 97.3 Å². The summed E-state index contributed by atoms with van der Waals surface area (Å²) in [5.74, 6) is 0.0365. The Kier molecular flexibility index (Phi) is 3.27. The second-order valence-electron chi connectivity index (χ2n) is 3.47. The Balaban J connectivity index is 2.17. The van der Waals surface area contributed by atoms with Crippen LogP contribution in [0.4, 0.5) is 4.39 Å². The van der Waals surface area contributed by atoms with Crippen molar-refractivity contribution in [1.82, 2.24) is 0 Å². The van der Waals surface area contributed by atoms with Gasteiger partial charge in [0.15, 0.2) is 0 Å². The summed E-state index contributed by atoms with van der Waals surface area (Å²) in [4.78, 5) is 0. The van der Waals surface area contributed by atoms with Crippen LogP contribution in [-0.4, -0.2) is 5.11 Å². The van der Waals surface area contributed by atoms with Crippen molar-refractivity contribution in [2.45, 2.75) is 12.5 Å². The van der Waals surface area contributed by atoms with E-state index in [4.69, 9.17) is 16.0 Å². The average molecular weight is 241 g/mol. The highest BCUT2D eigenvalue weighted by Crippen LogP contribution is 2.22. The summed E-state index contributed by atoms with van der Waals surface area (Å²) in [7, 11) is 0. The second-order valence-corrected chi connectivity index (χ2v) is 3.91. The predicted molar refractivity (Wildman–Crippen MR) is 58.8 cm³/mol. The molecule has 0 aliphatic carbocycles. The quantitative estimate of drug-likeness (QED) is 0.893. The Bertz CT molecular complexity index is 468. The molecule has 0 aliphatic rings. The first-order valence-corrected chi connectivity index (χ1v) is 5.20. The molecule has 1 aromatic carbocycles. The molecule has 2 aromatic rings. The lowest BCUT2D eigenvalue weighted by molar-refractivity contribution is 0.149. The fourth-order valence-corrected chi connectivity index (χ4v) is 1.68. The van der Waals surface area contributed by atoms with Crippen molar-refractivity contribution in [3.63, 3.8) is 0 Å². The van der Waals surface area contributed by atoms with E-state index >= 15 is 0 Å². The van der Waals surface area contributed by atoms with E-state index in [-0.39, 0.29) is 12.2 Å². The number of aliphatic hydroxyl groups excluding tert-OH is 1. The van der Waals surface area contributed by atoms with Gasteiger partial charge in [-0.2, -0.15) is 0 Å². The molecule has 0 saturated carbocycles. The highest BCUT2D eigenvalue weighted by Gasteiger charge is 2.14. The maximum atomic E-state index is 13.4. The summed E-state index contributed by atoms with van der Waals surface area (Å²) in [6.45, 7) is 0. The number of hydrogen-bond acceptors (Lipinski definition) is 2. The largest absolute Gasteiger partial charge is 0.467 e. The van der Waals surface area contributed by atoms with Crippen molar-refractivity contribution >= 4 is 11.6 Å². The van der Waals surface area contributed by atoms with E-state index in [2.05, 4.69) is 0 Å². The molecule has 0 amide bonds. The molecule has 0 bridgehead atoms. The SMILES string of the molecule is OC(Cc1cc(Cl)ccc1F)c1ccco1. The van der Waals surface area contributed by atoms with Crippen LogP contribution in [-0.2, 0) is 6.42 Å².